The van der Waals surface area contributed by atoms with Crippen LogP contribution in [-0.2, 0) is 9.53 Å². The maximum absolute atomic E-state index is 13.7. The molecule has 180 valence electrons. The van der Waals surface area contributed by atoms with E-state index >= 15 is 0 Å². The van der Waals surface area contributed by atoms with Crippen LogP contribution >= 0.6 is 0 Å². The normalized spacial score (nSPS) is 18.7. The van der Waals surface area contributed by atoms with Crippen molar-refractivity contribution in [3.63, 3.8) is 0 Å². The standard InChI is InChI=1S/C26H32N4O4/c1-4-34-26(33)21-18(3)27-23(19-10-6-5-7-11-19)28-22(21)25(32)29-14-15-30(17(2)16-29)24(31)20-12-8-9-13-20/h5-7,10-11,17,20H,4,8-9,12-16H2,1-3H3. The van der Waals surface area contributed by atoms with Gasteiger partial charge >= 0.3 is 5.97 Å². The Kier molecular flexibility index (Phi) is 7.24. The summed E-state index contributed by atoms with van der Waals surface area (Å²) in [6.45, 7) is 6.84. The molecule has 2 heterocycles. The summed E-state index contributed by atoms with van der Waals surface area (Å²) in [6, 6.07) is 9.26. The predicted molar refractivity (Wildman–Crippen MR) is 127 cm³/mol. The van der Waals surface area contributed by atoms with Crippen LogP contribution in [-0.4, -0.2) is 69.8 Å². The summed E-state index contributed by atoms with van der Waals surface area (Å²) in [5.74, 6) is -0.249. The number of aromatic nitrogens is 2. The molecule has 0 spiro atoms. The Morgan fingerprint density at radius 1 is 1.06 bits per heavy atom. The van der Waals surface area contributed by atoms with Crippen molar-refractivity contribution >= 4 is 17.8 Å². The number of hydrogen-bond donors (Lipinski definition) is 0. The number of aryl methyl sites for hydroxylation is 1. The zero-order valence-electron chi connectivity index (χ0n) is 20.1. The zero-order valence-corrected chi connectivity index (χ0v) is 20.1. The number of ether oxygens (including phenoxy) is 1. The van der Waals surface area contributed by atoms with Crippen molar-refractivity contribution in [2.24, 2.45) is 5.92 Å². The van der Waals surface area contributed by atoms with Crippen LogP contribution in [0.1, 0.15) is 66.1 Å². The average molecular weight is 465 g/mol. The summed E-state index contributed by atoms with van der Waals surface area (Å²) in [5.41, 5.74) is 1.31. The molecular weight excluding hydrogens is 432 g/mol. The molecule has 4 rings (SSSR count). The van der Waals surface area contributed by atoms with E-state index in [0.29, 0.717) is 31.2 Å². The molecule has 0 N–H and O–H groups in total. The predicted octanol–water partition coefficient (Wildman–Crippen LogP) is 3.49. The van der Waals surface area contributed by atoms with Crippen molar-refractivity contribution in [2.45, 2.75) is 52.5 Å². The highest BCUT2D eigenvalue weighted by Gasteiger charge is 2.36. The van der Waals surface area contributed by atoms with Crippen molar-refractivity contribution in [1.82, 2.24) is 19.8 Å². The molecule has 0 bridgehead atoms. The Labute approximate surface area is 200 Å². The number of carbonyl (C=O) groups is 3. The minimum atomic E-state index is -0.606. The number of rotatable bonds is 5. The highest BCUT2D eigenvalue weighted by atomic mass is 16.5. The molecule has 2 aliphatic rings. The number of esters is 1. The topological polar surface area (TPSA) is 92.7 Å². The molecule has 2 amide bonds. The average Bonchev–Trinajstić information content (AvgIpc) is 3.38. The second-order valence-corrected chi connectivity index (χ2v) is 9.06. The second-order valence-electron chi connectivity index (χ2n) is 9.06. The molecule has 1 unspecified atom stereocenters. The molecule has 1 saturated carbocycles. The Morgan fingerprint density at radius 2 is 1.76 bits per heavy atom. The van der Waals surface area contributed by atoms with Crippen LogP contribution in [0.2, 0.25) is 0 Å². The van der Waals surface area contributed by atoms with Crippen molar-refractivity contribution in [2.75, 3.05) is 26.2 Å². The van der Waals surface area contributed by atoms with Crippen LogP contribution in [0.5, 0.6) is 0 Å². The smallest absolute Gasteiger partial charge is 0.342 e. The largest absolute Gasteiger partial charge is 0.462 e. The molecule has 1 atom stereocenters. The van der Waals surface area contributed by atoms with Crippen LogP contribution in [0.15, 0.2) is 30.3 Å². The van der Waals surface area contributed by atoms with Gasteiger partial charge in [0.2, 0.25) is 5.91 Å². The Morgan fingerprint density at radius 3 is 2.41 bits per heavy atom. The van der Waals surface area contributed by atoms with Crippen molar-refractivity contribution < 1.29 is 19.1 Å². The van der Waals surface area contributed by atoms with Gasteiger partial charge < -0.3 is 14.5 Å². The van der Waals surface area contributed by atoms with Gasteiger partial charge in [0.05, 0.1) is 12.3 Å². The molecule has 1 aliphatic heterocycles. The summed E-state index contributed by atoms with van der Waals surface area (Å²) in [6.07, 6.45) is 4.12. The van der Waals surface area contributed by atoms with E-state index in [0.717, 1.165) is 31.2 Å². The van der Waals surface area contributed by atoms with Crippen molar-refractivity contribution in [3.8, 4) is 11.4 Å². The quantitative estimate of drug-likeness (QED) is 0.629. The number of amides is 2. The maximum atomic E-state index is 13.7. The Bertz CT molecular complexity index is 1070. The van der Waals surface area contributed by atoms with E-state index in [4.69, 9.17) is 4.74 Å². The monoisotopic (exact) mass is 464 g/mol. The van der Waals surface area contributed by atoms with Gasteiger partial charge in [0.1, 0.15) is 11.3 Å². The summed E-state index contributed by atoms with van der Waals surface area (Å²) in [7, 11) is 0. The molecule has 1 aliphatic carbocycles. The lowest BCUT2D eigenvalue weighted by molar-refractivity contribution is -0.139. The lowest BCUT2D eigenvalue weighted by Gasteiger charge is -2.41. The SMILES string of the molecule is CCOC(=O)c1c(C)nc(-c2ccccc2)nc1C(=O)N1CCN(C(=O)C2CCCC2)C(C)C1. The minimum Gasteiger partial charge on any atom is -0.462 e. The van der Waals surface area contributed by atoms with Gasteiger partial charge in [0, 0.05) is 37.2 Å². The molecule has 2 aromatic rings. The fourth-order valence-electron chi connectivity index (χ4n) is 4.92. The fourth-order valence-corrected chi connectivity index (χ4v) is 4.92. The first-order valence-electron chi connectivity index (χ1n) is 12.1. The molecule has 1 aromatic heterocycles. The Balaban J connectivity index is 1.62. The molecule has 1 saturated heterocycles. The summed E-state index contributed by atoms with van der Waals surface area (Å²) in [5, 5.41) is 0. The van der Waals surface area contributed by atoms with Gasteiger partial charge in [-0.1, -0.05) is 43.2 Å². The van der Waals surface area contributed by atoms with E-state index < -0.39 is 5.97 Å². The van der Waals surface area contributed by atoms with Gasteiger partial charge in [0.25, 0.3) is 5.91 Å². The van der Waals surface area contributed by atoms with E-state index in [1.165, 1.54) is 0 Å². The molecule has 8 nitrogen and oxygen atoms in total. The van der Waals surface area contributed by atoms with Gasteiger partial charge in [-0.3, -0.25) is 9.59 Å². The third-order valence-corrected chi connectivity index (χ3v) is 6.71. The zero-order chi connectivity index (χ0) is 24.2. The number of nitrogens with zero attached hydrogens (tertiary/aromatic N) is 4. The van der Waals surface area contributed by atoms with Crippen LogP contribution < -0.4 is 0 Å². The molecule has 8 heteroatoms. The van der Waals surface area contributed by atoms with Crippen LogP contribution in [0.25, 0.3) is 11.4 Å². The van der Waals surface area contributed by atoms with Gasteiger partial charge in [-0.15, -0.1) is 0 Å². The van der Waals surface area contributed by atoms with E-state index in [1.807, 2.05) is 42.2 Å². The lowest BCUT2D eigenvalue weighted by atomic mass is 10.0. The van der Waals surface area contributed by atoms with Crippen LogP contribution in [0.4, 0.5) is 0 Å². The van der Waals surface area contributed by atoms with Crippen molar-refractivity contribution in [3.05, 3.63) is 47.3 Å². The molecule has 1 aromatic carbocycles. The molecule has 2 fully saturated rings. The molecule has 34 heavy (non-hydrogen) atoms. The second kappa shape index (κ2) is 10.3. The molecular formula is C26H32N4O4. The first-order chi connectivity index (χ1) is 16.4. The van der Waals surface area contributed by atoms with E-state index in [9.17, 15) is 14.4 Å². The summed E-state index contributed by atoms with van der Waals surface area (Å²) in [4.78, 5) is 52.0. The highest BCUT2D eigenvalue weighted by Crippen LogP contribution is 2.28. The summed E-state index contributed by atoms with van der Waals surface area (Å²) >= 11 is 0. The van der Waals surface area contributed by atoms with Gasteiger partial charge in [-0.05, 0) is 33.6 Å². The minimum absolute atomic E-state index is 0.0487. The van der Waals surface area contributed by atoms with Crippen LogP contribution in [0.3, 0.4) is 0 Å². The highest BCUT2D eigenvalue weighted by molar-refractivity contribution is 6.05. The molecule has 0 radical (unpaired) electrons. The number of hydrogen-bond acceptors (Lipinski definition) is 6. The third kappa shape index (κ3) is 4.81. The third-order valence-electron chi connectivity index (χ3n) is 6.71. The maximum Gasteiger partial charge on any atom is 0.342 e. The van der Waals surface area contributed by atoms with Crippen LogP contribution in [0, 0.1) is 12.8 Å². The first kappa shape index (κ1) is 23.9. The van der Waals surface area contributed by atoms with Gasteiger partial charge in [0.15, 0.2) is 5.82 Å². The lowest BCUT2D eigenvalue weighted by Crippen LogP contribution is -2.56. The first-order valence-corrected chi connectivity index (χ1v) is 12.1. The van der Waals surface area contributed by atoms with E-state index in [1.54, 1.807) is 18.7 Å². The Hall–Kier alpha value is -3.29. The number of benzene rings is 1. The van der Waals surface area contributed by atoms with E-state index in [-0.39, 0.29) is 41.6 Å². The van der Waals surface area contributed by atoms with E-state index in [2.05, 4.69) is 9.97 Å². The van der Waals surface area contributed by atoms with Gasteiger partial charge in [-0.25, -0.2) is 14.8 Å². The number of piperazine rings is 1. The summed E-state index contributed by atoms with van der Waals surface area (Å²) < 4.78 is 5.22. The van der Waals surface area contributed by atoms with Crippen molar-refractivity contribution in [1.29, 1.82) is 0 Å². The fraction of sp³-hybridized carbons (Fsp3) is 0.500. The van der Waals surface area contributed by atoms with Gasteiger partial charge in [-0.2, -0.15) is 0 Å². The number of carbonyl (C=O) groups excluding carboxylic acids is 3.